The van der Waals surface area contributed by atoms with Gasteiger partial charge in [0.2, 0.25) is 11.8 Å². The molecule has 2 aromatic carbocycles. The summed E-state index contributed by atoms with van der Waals surface area (Å²) in [6.45, 7) is 1.68. The van der Waals surface area contributed by atoms with Gasteiger partial charge in [-0.15, -0.1) is 0 Å². The van der Waals surface area contributed by atoms with Gasteiger partial charge in [0.1, 0.15) is 12.4 Å². The molecule has 0 aliphatic heterocycles. The van der Waals surface area contributed by atoms with Gasteiger partial charge in [-0.2, -0.15) is 0 Å². The summed E-state index contributed by atoms with van der Waals surface area (Å²) in [7, 11) is 0. The number of halogens is 1. The summed E-state index contributed by atoms with van der Waals surface area (Å²) in [4.78, 5) is 38.8. The minimum Gasteiger partial charge on any atom is -0.352 e. The second-order valence-corrected chi connectivity index (χ2v) is 8.09. The summed E-state index contributed by atoms with van der Waals surface area (Å²) in [5.41, 5.74) is 2.88. The molecule has 0 heterocycles. The zero-order chi connectivity index (χ0) is 23.1. The third kappa shape index (κ3) is 5.91. The third-order valence-electron chi connectivity index (χ3n) is 5.74. The van der Waals surface area contributed by atoms with Crippen LogP contribution in [-0.4, -0.2) is 35.5 Å². The smallest absolute Gasteiger partial charge is 0.274 e. The van der Waals surface area contributed by atoms with Gasteiger partial charge < -0.3 is 10.2 Å². The van der Waals surface area contributed by atoms with Crippen LogP contribution >= 0.6 is 0 Å². The van der Waals surface area contributed by atoms with E-state index in [0.717, 1.165) is 37.3 Å². The van der Waals surface area contributed by atoms with Gasteiger partial charge in [-0.25, -0.2) is 9.87 Å². The lowest BCUT2D eigenvalue weighted by Gasteiger charge is -2.27. The number of rotatable bonds is 7. The van der Waals surface area contributed by atoms with Gasteiger partial charge >= 0.3 is 0 Å². The van der Waals surface area contributed by atoms with E-state index >= 15 is 0 Å². The number of para-hydroxylation sites is 1. The molecule has 0 saturated heterocycles. The van der Waals surface area contributed by atoms with Crippen LogP contribution in [0.4, 0.5) is 10.1 Å². The van der Waals surface area contributed by atoms with Crippen LogP contribution in [-0.2, 0) is 16.0 Å². The molecule has 2 aromatic rings. The average Bonchev–Trinajstić information content (AvgIpc) is 2.79. The van der Waals surface area contributed by atoms with Crippen molar-refractivity contribution in [3.05, 3.63) is 65.0 Å². The van der Waals surface area contributed by atoms with Gasteiger partial charge in [0.15, 0.2) is 0 Å². The SMILES string of the molecule is Cc1ccccc1N(CC(=O)NC1CCCCC1)C(=O)Cc1ccc(C(=O)NO)cc1F. The van der Waals surface area contributed by atoms with E-state index in [2.05, 4.69) is 5.32 Å². The fourth-order valence-corrected chi connectivity index (χ4v) is 3.99. The first-order chi connectivity index (χ1) is 15.4. The Labute approximate surface area is 186 Å². The molecule has 3 amide bonds. The van der Waals surface area contributed by atoms with Crippen molar-refractivity contribution in [1.82, 2.24) is 10.8 Å². The molecular weight excluding hydrogens is 413 g/mol. The van der Waals surface area contributed by atoms with E-state index < -0.39 is 17.6 Å². The number of hydrogen-bond donors (Lipinski definition) is 3. The summed E-state index contributed by atoms with van der Waals surface area (Å²) < 4.78 is 14.5. The van der Waals surface area contributed by atoms with Crippen molar-refractivity contribution in [3.63, 3.8) is 0 Å². The van der Waals surface area contributed by atoms with E-state index in [-0.39, 0.29) is 36.0 Å². The minimum absolute atomic E-state index is 0.0659. The lowest BCUT2D eigenvalue weighted by molar-refractivity contribution is -0.124. The Morgan fingerprint density at radius 1 is 1.09 bits per heavy atom. The maximum absolute atomic E-state index is 14.5. The van der Waals surface area contributed by atoms with Gasteiger partial charge in [-0.05, 0) is 49.1 Å². The monoisotopic (exact) mass is 441 g/mol. The number of nitrogens with zero attached hydrogens (tertiary/aromatic N) is 1. The molecule has 170 valence electrons. The van der Waals surface area contributed by atoms with E-state index in [1.807, 2.05) is 19.1 Å². The summed E-state index contributed by atoms with van der Waals surface area (Å²) in [6.07, 6.45) is 4.92. The first-order valence-corrected chi connectivity index (χ1v) is 10.8. The number of nitrogens with one attached hydrogen (secondary N) is 2. The zero-order valence-electron chi connectivity index (χ0n) is 18.1. The Hall–Kier alpha value is -3.26. The molecule has 0 unspecified atom stereocenters. The lowest BCUT2D eigenvalue weighted by atomic mass is 9.95. The van der Waals surface area contributed by atoms with E-state index in [4.69, 9.17) is 5.21 Å². The number of carbonyl (C=O) groups excluding carboxylic acids is 3. The predicted octanol–water partition coefficient (Wildman–Crippen LogP) is 3.28. The van der Waals surface area contributed by atoms with E-state index in [1.54, 1.807) is 12.1 Å². The Balaban J connectivity index is 1.78. The zero-order valence-corrected chi connectivity index (χ0v) is 18.1. The van der Waals surface area contributed by atoms with Crippen LogP contribution in [0.25, 0.3) is 0 Å². The Kier molecular flexibility index (Phi) is 7.94. The Morgan fingerprint density at radius 3 is 2.47 bits per heavy atom. The summed E-state index contributed by atoms with van der Waals surface area (Å²) in [5.74, 6) is -2.26. The first kappa shape index (κ1) is 23.4. The highest BCUT2D eigenvalue weighted by Crippen LogP contribution is 2.22. The molecule has 3 rings (SSSR count). The van der Waals surface area contributed by atoms with Crippen molar-refractivity contribution in [2.24, 2.45) is 0 Å². The molecule has 1 aliphatic rings. The van der Waals surface area contributed by atoms with E-state index in [1.165, 1.54) is 28.9 Å². The van der Waals surface area contributed by atoms with Gasteiger partial charge in [-0.3, -0.25) is 19.6 Å². The van der Waals surface area contributed by atoms with Crippen molar-refractivity contribution in [1.29, 1.82) is 0 Å². The normalized spacial score (nSPS) is 14.0. The molecule has 7 nitrogen and oxygen atoms in total. The summed E-state index contributed by atoms with van der Waals surface area (Å²) in [5, 5.41) is 11.7. The summed E-state index contributed by atoms with van der Waals surface area (Å²) in [6, 6.07) is 11.0. The fourth-order valence-electron chi connectivity index (χ4n) is 3.99. The Morgan fingerprint density at radius 2 is 1.81 bits per heavy atom. The topological polar surface area (TPSA) is 98.7 Å². The quantitative estimate of drug-likeness (QED) is 0.454. The molecule has 0 spiro atoms. The van der Waals surface area contributed by atoms with E-state index in [9.17, 15) is 18.8 Å². The molecule has 3 N–H and O–H groups in total. The van der Waals surface area contributed by atoms with Crippen LogP contribution in [0.3, 0.4) is 0 Å². The molecule has 1 saturated carbocycles. The number of benzene rings is 2. The number of hydrogen-bond acceptors (Lipinski definition) is 4. The van der Waals surface area contributed by atoms with Crippen molar-refractivity contribution in [2.45, 2.75) is 51.5 Å². The Bertz CT molecular complexity index is 989. The second-order valence-electron chi connectivity index (χ2n) is 8.09. The van der Waals surface area contributed by atoms with Crippen LogP contribution in [0.15, 0.2) is 42.5 Å². The molecule has 8 heteroatoms. The molecule has 0 atom stereocenters. The number of hydroxylamine groups is 1. The molecule has 1 aliphatic carbocycles. The highest BCUT2D eigenvalue weighted by Gasteiger charge is 2.24. The van der Waals surface area contributed by atoms with Crippen LogP contribution in [0.5, 0.6) is 0 Å². The van der Waals surface area contributed by atoms with Crippen molar-refractivity contribution < 1.29 is 24.0 Å². The standard InChI is InChI=1S/C24H28FN3O4/c1-16-7-5-6-10-21(16)28(15-22(29)26-19-8-3-2-4-9-19)23(30)14-17-11-12-18(13-20(17)25)24(31)27-32/h5-7,10-13,19,32H,2-4,8-9,14-15H2,1H3,(H,26,29)(H,27,31). The van der Waals surface area contributed by atoms with Crippen molar-refractivity contribution >= 4 is 23.4 Å². The summed E-state index contributed by atoms with van der Waals surface area (Å²) >= 11 is 0. The third-order valence-corrected chi connectivity index (χ3v) is 5.74. The van der Waals surface area contributed by atoms with Crippen LogP contribution < -0.4 is 15.7 Å². The van der Waals surface area contributed by atoms with Crippen LogP contribution in [0.2, 0.25) is 0 Å². The molecule has 0 radical (unpaired) electrons. The van der Waals surface area contributed by atoms with Crippen molar-refractivity contribution in [3.8, 4) is 0 Å². The highest BCUT2D eigenvalue weighted by atomic mass is 19.1. The first-order valence-electron chi connectivity index (χ1n) is 10.8. The van der Waals surface area contributed by atoms with Gasteiger partial charge in [-0.1, -0.05) is 43.5 Å². The molecule has 0 bridgehead atoms. The van der Waals surface area contributed by atoms with Gasteiger partial charge in [0.05, 0.1) is 6.42 Å². The molecule has 0 aromatic heterocycles. The largest absolute Gasteiger partial charge is 0.352 e. The molecule has 32 heavy (non-hydrogen) atoms. The van der Waals surface area contributed by atoms with Crippen LogP contribution in [0, 0.1) is 12.7 Å². The number of carbonyl (C=O) groups is 3. The van der Waals surface area contributed by atoms with Gasteiger partial charge in [0.25, 0.3) is 5.91 Å². The maximum Gasteiger partial charge on any atom is 0.274 e. The average molecular weight is 442 g/mol. The highest BCUT2D eigenvalue weighted by molar-refractivity contribution is 6.00. The molecular formula is C24H28FN3O4. The number of aryl methyl sites for hydroxylation is 1. The van der Waals surface area contributed by atoms with Crippen molar-refractivity contribution in [2.75, 3.05) is 11.4 Å². The minimum atomic E-state index is -0.845. The maximum atomic E-state index is 14.5. The van der Waals surface area contributed by atoms with Gasteiger partial charge in [0, 0.05) is 17.3 Å². The number of anilines is 1. The molecule has 1 fully saturated rings. The lowest BCUT2D eigenvalue weighted by Crippen LogP contribution is -2.45. The van der Waals surface area contributed by atoms with E-state index in [0.29, 0.717) is 5.69 Å². The second kappa shape index (κ2) is 10.9. The van der Waals surface area contributed by atoms with Crippen LogP contribution in [0.1, 0.15) is 53.6 Å². The predicted molar refractivity (Wildman–Crippen MR) is 118 cm³/mol. The number of amides is 3. The fraction of sp³-hybridized carbons (Fsp3) is 0.375.